The van der Waals surface area contributed by atoms with Crippen molar-refractivity contribution in [2.24, 2.45) is 0 Å². The van der Waals surface area contributed by atoms with Crippen LogP contribution in [0.3, 0.4) is 0 Å². The second-order valence-corrected chi connectivity index (χ2v) is 9.54. The Hall–Kier alpha value is -4.77. The van der Waals surface area contributed by atoms with E-state index < -0.39 is 4.92 Å². The number of nitrogens with zero attached hydrogens (tertiary/aromatic N) is 4. The van der Waals surface area contributed by atoms with Gasteiger partial charge >= 0.3 is 0 Å². The summed E-state index contributed by atoms with van der Waals surface area (Å²) in [6, 6.07) is 15.2. The fraction of sp³-hybridized carbons (Fsp3) is 0.179. The molecule has 39 heavy (non-hydrogen) atoms. The molecule has 2 aromatic carbocycles. The lowest BCUT2D eigenvalue weighted by Gasteiger charge is -2.10. The number of aromatic nitrogens is 3. The van der Waals surface area contributed by atoms with E-state index >= 15 is 0 Å². The lowest BCUT2D eigenvalue weighted by Crippen LogP contribution is -2.23. The van der Waals surface area contributed by atoms with Crippen molar-refractivity contribution < 1.29 is 18.8 Å². The molecule has 5 aromatic rings. The SMILES string of the molecule is CCCCOc1ccc(/C=C/c2nc3s/c(=C\c4ccc(-c5cccc([N+](=O)[O-])c5)o4)c(=O)n3n2)cc1OC. The molecule has 0 N–H and O–H groups in total. The van der Waals surface area contributed by atoms with Gasteiger partial charge in [0.15, 0.2) is 17.3 Å². The van der Waals surface area contributed by atoms with Crippen molar-refractivity contribution in [3.8, 4) is 22.8 Å². The monoisotopic (exact) mass is 544 g/mol. The normalized spacial score (nSPS) is 12.0. The summed E-state index contributed by atoms with van der Waals surface area (Å²) in [7, 11) is 1.60. The second kappa shape index (κ2) is 11.3. The van der Waals surface area contributed by atoms with Crippen LogP contribution in [0.15, 0.2) is 63.8 Å². The summed E-state index contributed by atoms with van der Waals surface area (Å²) in [6.45, 7) is 2.74. The van der Waals surface area contributed by atoms with E-state index in [9.17, 15) is 14.9 Å². The minimum Gasteiger partial charge on any atom is -0.493 e. The van der Waals surface area contributed by atoms with Crippen LogP contribution in [0.5, 0.6) is 11.5 Å². The number of hydrogen-bond donors (Lipinski definition) is 0. The van der Waals surface area contributed by atoms with Crippen molar-refractivity contribution in [2.75, 3.05) is 13.7 Å². The molecule has 0 atom stereocenters. The first-order valence-electron chi connectivity index (χ1n) is 12.2. The molecule has 0 bridgehead atoms. The van der Waals surface area contributed by atoms with Gasteiger partial charge in [0.05, 0.1) is 18.6 Å². The number of nitro benzene ring substituents is 1. The molecule has 0 radical (unpaired) electrons. The van der Waals surface area contributed by atoms with Crippen LogP contribution in [-0.2, 0) is 0 Å². The molecule has 0 saturated carbocycles. The van der Waals surface area contributed by atoms with Crippen molar-refractivity contribution >= 4 is 40.2 Å². The predicted molar refractivity (Wildman–Crippen MR) is 149 cm³/mol. The largest absolute Gasteiger partial charge is 0.493 e. The molecule has 3 heterocycles. The number of non-ortho nitro benzene ring substituents is 1. The van der Waals surface area contributed by atoms with Gasteiger partial charge in [-0.25, -0.2) is 0 Å². The Balaban J connectivity index is 1.35. The van der Waals surface area contributed by atoms with Crippen LogP contribution in [-0.4, -0.2) is 33.2 Å². The highest BCUT2D eigenvalue weighted by Crippen LogP contribution is 2.29. The first-order chi connectivity index (χ1) is 18.9. The Labute approximate surface area is 226 Å². The second-order valence-electron chi connectivity index (χ2n) is 8.54. The third-order valence-electron chi connectivity index (χ3n) is 5.81. The van der Waals surface area contributed by atoms with E-state index in [-0.39, 0.29) is 11.2 Å². The van der Waals surface area contributed by atoms with Crippen LogP contribution in [0, 0.1) is 10.1 Å². The molecule has 0 saturated heterocycles. The molecule has 0 fully saturated rings. The maximum absolute atomic E-state index is 12.9. The molecule has 0 aliphatic rings. The van der Waals surface area contributed by atoms with Crippen LogP contribution in [0.2, 0.25) is 0 Å². The Morgan fingerprint density at radius 2 is 2.00 bits per heavy atom. The fourth-order valence-corrected chi connectivity index (χ4v) is 4.71. The maximum atomic E-state index is 12.9. The van der Waals surface area contributed by atoms with Gasteiger partial charge in [0.1, 0.15) is 16.1 Å². The smallest absolute Gasteiger partial charge is 0.291 e. The number of unbranched alkanes of at least 4 members (excludes halogenated alkanes) is 1. The van der Waals surface area contributed by atoms with E-state index in [1.54, 1.807) is 43.5 Å². The fourth-order valence-electron chi connectivity index (χ4n) is 3.81. The maximum Gasteiger partial charge on any atom is 0.291 e. The van der Waals surface area contributed by atoms with Gasteiger partial charge in [-0.1, -0.05) is 49.0 Å². The molecule has 10 nitrogen and oxygen atoms in total. The number of benzene rings is 2. The van der Waals surface area contributed by atoms with Crippen molar-refractivity contribution in [1.82, 2.24) is 14.6 Å². The molecule has 11 heteroatoms. The number of fused-ring (bicyclic) bond motifs is 1. The lowest BCUT2D eigenvalue weighted by atomic mass is 10.1. The molecule has 0 aliphatic carbocycles. The highest BCUT2D eigenvalue weighted by atomic mass is 32.1. The van der Waals surface area contributed by atoms with Crippen molar-refractivity contribution in [1.29, 1.82) is 0 Å². The summed E-state index contributed by atoms with van der Waals surface area (Å²) in [6.07, 6.45) is 7.20. The molecule has 0 amide bonds. The number of furan rings is 1. The van der Waals surface area contributed by atoms with E-state index in [1.165, 1.54) is 28.0 Å². The standard InChI is InChI=1S/C28H24N4O6S/c1-3-4-14-37-23-11-8-18(15-24(23)36-2)9-13-26-29-28-31(30-26)27(33)25(39-28)17-21-10-12-22(38-21)19-6-5-7-20(16-19)32(34)35/h5-13,15-17H,3-4,14H2,1-2H3/b13-9+,25-17-. The van der Waals surface area contributed by atoms with Gasteiger partial charge in [-0.05, 0) is 42.3 Å². The van der Waals surface area contributed by atoms with E-state index in [0.717, 1.165) is 18.4 Å². The lowest BCUT2D eigenvalue weighted by molar-refractivity contribution is -0.384. The summed E-state index contributed by atoms with van der Waals surface area (Å²) < 4.78 is 18.7. The number of thiazole rings is 1. The van der Waals surface area contributed by atoms with E-state index in [4.69, 9.17) is 13.9 Å². The van der Waals surface area contributed by atoms with Gasteiger partial charge in [-0.2, -0.15) is 9.50 Å². The first kappa shape index (κ1) is 25.9. The topological polar surface area (TPSA) is 122 Å². The summed E-state index contributed by atoms with van der Waals surface area (Å²) in [5.74, 6) is 2.63. The highest BCUT2D eigenvalue weighted by molar-refractivity contribution is 7.15. The molecule has 3 aromatic heterocycles. The van der Waals surface area contributed by atoms with Crippen molar-refractivity contribution in [2.45, 2.75) is 19.8 Å². The first-order valence-corrected chi connectivity index (χ1v) is 13.0. The number of hydrogen-bond acceptors (Lipinski definition) is 9. The van der Waals surface area contributed by atoms with Crippen LogP contribution < -0.4 is 19.6 Å². The number of methoxy groups -OCH3 is 1. The Kier molecular flexibility index (Phi) is 7.50. The van der Waals surface area contributed by atoms with Crippen molar-refractivity contribution in [3.05, 3.63) is 96.7 Å². The van der Waals surface area contributed by atoms with Gasteiger partial charge in [-0.15, -0.1) is 5.10 Å². The van der Waals surface area contributed by atoms with E-state index in [2.05, 4.69) is 17.0 Å². The predicted octanol–water partition coefficient (Wildman–Crippen LogP) is 5.22. The van der Waals surface area contributed by atoms with Crippen LogP contribution in [0.25, 0.3) is 34.5 Å². The Bertz CT molecular complexity index is 1790. The molecule has 5 rings (SSSR count). The minimum absolute atomic E-state index is 0.0285. The number of rotatable bonds is 10. The van der Waals surface area contributed by atoms with E-state index in [0.29, 0.717) is 50.5 Å². The van der Waals surface area contributed by atoms with Crippen molar-refractivity contribution in [3.63, 3.8) is 0 Å². The molecular formula is C28H24N4O6S. The van der Waals surface area contributed by atoms with Crippen LogP contribution in [0.1, 0.15) is 36.9 Å². The summed E-state index contributed by atoms with van der Waals surface area (Å²) in [4.78, 5) is 28.4. The van der Waals surface area contributed by atoms with Gasteiger partial charge in [0, 0.05) is 23.8 Å². The molecule has 0 unspecified atom stereocenters. The summed E-state index contributed by atoms with van der Waals surface area (Å²) in [5.41, 5.74) is 1.10. The Morgan fingerprint density at radius 3 is 2.77 bits per heavy atom. The van der Waals surface area contributed by atoms with E-state index in [1.807, 2.05) is 24.3 Å². The van der Waals surface area contributed by atoms with Crippen LogP contribution >= 0.6 is 11.3 Å². The quantitative estimate of drug-likeness (QED) is 0.133. The zero-order valence-corrected chi connectivity index (χ0v) is 22.0. The molecule has 0 aliphatic heterocycles. The number of nitro groups is 1. The number of ether oxygens (including phenoxy) is 2. The molecule has 198 valence electrons. The average molecular weight is 545 g/mol. The Morgan fingerprint density at radius 1 is 1.13 bits per heavy atom. The third kappa shape index (κ3) is 5.73. The molecular weight excluding hydrogens is 520 g/mol. The third-order valence-corrected chi connectivity index (χ3v) is 6.77. The van der Waals surface area contributed by atoms with Crippen LogP contribution in [0.4, 0.5) is 5.69 Å². The van der Waals surface area contributed by atoms with Gasteiger partial charge in [0.2, 0.25) is 4.96 Å². The minimum atomic E-state index is -0.460. The summed E-state index contributed by atoms with van der Waals surface area (Å²) in [5, 5.41) is 15.4. The van der Waals surface area contributed by atoms with Gasteiger partial charge < -0.3 is 13.9 Å². The van der Waals surface area contributed by atoms with Gasteiger partial charge in [0.25, 0.3) is 11.2 Å². The zero-order valence-electron chi connectivity index (χ0n) is 21.2. The van der Waals surface area contributed by atoms with Gasteiger partial charge in [-0.3, -0.25) is 14.9 Å². The average Bonchev–Trinajstić information content (AvgIpc) is 3.65. The highest BCUT2D eigenvalue weighted by Gasteiger charge is 2.12. The summed E-state index contributed by atoms with van der Waals surface area (Å²) >= 11 is 1.19. The molecule has 0 spiro atoms. The zero-order chi connectivity index (χ0) is 27.4.